The fraction of sp³-hybridized carbons (Fsp3) is 0.278. The van der Waals surface area contributed by atoms with Gasteiger partial charge in [-0.3, -0.25) is 14.9 Å². The molecule has 2 N–H and O–H groups in total. The molecule has 0 aliphatic carbocycles. The molecule has 27 heavy (non-hydrogen) atoms. The van der Waals surface area contributed by atoms with Crippen molar-refractivity contribution in [1.82, 2.24) is 5.32 Å². The van der Waals surface area contributed by atoms with Crippen LogP contribution < -0.4 is 14.8 Å². The number of halogens is 1. The highest BCUT2D eigenvalue weighted by Gasteiger charge is 2.17. The molecule has 2 rings (SSSR count). The number of carboxylic acid groups (broad SMARTS) is 1. The Morgan fingerprint density at radius 3 is 2.52 bits per heavy atom. The van der Waals surface area contributed by atoms with Crippen LogP contribution in [0.25, 0.3) is 0 Å². The lowest BCUT2D eigenvalue weighted by Gasteiger charge is -2.18. The Hall–Kier alpha value is -2.65. The minimum Gasteiger partial charge on any atom is -0.493 e. The van der Waals surface area contributed by atoms with E-state index in [9.17, 15) is 14.9 Å². The third kappa shape index (κ3) is 5.41. The van der Waals surface area contributed by atoms with Gasteiger partial charge < -0.3 is 19.9 Å². The Bertz CT molecular complexity index is 825. The largest absolute Gasteiger partial charge is 0.493 e. The summed E-state index contributed by atoms with van der Waals surface area (Å²) in [6.07, 6.45) is 0. The van der Waals surface area contributed by atoms with Crippen LogP contribution in [-0.4, -0.2) is 29.2 Å². The predicted molar refractivity (Wildman–Crippen MR) is 102 cm³/mol. The van der Waals surface area contributed by atoms with Gasteiger partial charge in [-0.25, -0.2) is 0 Å². The van der Waals surface area contributed by atoms with E-state index in [4.69, 9.17) is 14.6 Å². The van der Waals surface area contributed by atoms with Gasteiger partial charge in [0, 0.05) is 28.7 Å². The SMILES string of the molecule is COc1ccc(Br)c(CNC(C)C(=O)O)c1OCc1ccc([N+](=O)[O-])cc1. The van der Waals surface area contributed by atoms with E-state index in [1.54, 1.807) is 31.2 Å². The third-order valence-corrected chi connectivity index (χ3v) is 4.62. The maximum Gasteiger partial charge on any atom is 0.320 e. The fourth-order valence-electron chi connectivity index (χ4n) is 2.28. The van der Waals surface area contributed by atoms with Crippen molar-refractivity contribution in [2.75, 3.05) is 7.11 Å². The van der Waals surface area contributed by atoms with E-state index >= 15 is 0 Å². The van der Waals surface area contributed by atoms with Crippen LogP contribution in [0.5, 0.6) is 11.5 Å². The van der Waals surface area contributed by atoms with Crippen LogP contribution in [0.3, 0.4) is 0 Å². The van der Waals surface area contributed by atoms with Gasteiger partial charge in [-0.2, -0.15) is 0 Å². The highest BCUT2D eigenvalue weighted by Crippen LogP contribution is 2.37. The number of hydrogen-bond donors (Lipinski definition) is 2. The molecule has 9 heteroatoms. The smallest absolute Gasteiger partial charge is 0.320 e. The first-order valence-electron chi connectivity index (χ1n) is 8.01. The average Bonchev–Trinajstić information content (AvgIpc) is 2.65. The lowest BCUT2D eigenvalue weighted by atomic mass is 10.1. The van der Waals surface area contributed by atoms with Gasteiger partial charge >= 0.3 is 5.97 Å². The van der Waals surface area contributed by atoms with E-state index in [1.165, 1.54) is 19.2 Å². The van der Waals surface area contributed by atoms with Gasteiger partial charge in [0.15, 0.2) is 11.5 Å². The van der Waals surface area contributed by atoms with Crippen molar-refractivity contribution in [3.8, 4) is 11.5 Å². The zero-order valence-corrected chi connectivity index (χ0v) is 16.4. The van der Waals surface area contributed by atoms with Gasteiger partial charge in [-0.15, -0.1) is 0 Å². The molecular formula is C18H19BrN2O6. The van der Waals surface area contributed by atoms with Crippen molar-refractivity contribution < 1.29 is 24.3 Å². The molecule has 0 aliphatic rings. The number of carbonyl (C=O) groups is 1. The Morgan fingerprint density at radius 1 is 1.30 bits per heavy atom. The number of nitro benzene ring substituents is 1. The van der Waals surface area contributed by atoms with E-state index in [-0.39, 0.29) is 18.8 Å². The molecule has 0 bridgehead atoms. The molecule has 0 aromatic heterocycles. The van der Waals surface area contributed by atoms with E-state index < -0.39 is 16.9 Å². The Labute approximate surface area is 164 Å². The maximum absolute atomic E-state index is 11.0. The fourth-order valence-corrected chi connectivity index (χ4v) is 2.73. The molecular weight excluding hydrogens is 420 g/mol. The molecule has 0 amide bonds. The molecule has 2 aromatic carbocycles. The van der Waals surface area contributed by atoms with Crippen LogP contribution in [-0.2, 0) is 17.9 Å². The summed E-state index contributed by atoms with van der Waals surface area (Å²) in [5.74, 6) is 0.0116. The van der Waals surface area contributed by atoms with Crippen LogP contribution in [0.2, 0.25) is 0 Å². The van der Waals surface area contributed by atoms with Gasteiger partial charge in [0.1, 0.15) is 12.6 Å². The third-order valence-electron chi connectivity index (χ3n) is 3.87. The molecule has 0 aliphatic heterocycles. The highest BCUT2D eigenvalue weighted by molar-refractivity contribution is 9.10. The number of nitrogens with one attached hydrogen (secondary N) is 1. The normalized spacial score (nSPS) is 11.7. The second kappa shape index (κ2) is 9.33. The summed E-state index contributed by atoms with van der Waals surface area (Å²) < 4.78 is 12.0. The molecule has 1 unspecified atom stereocenters. The Morgan fingerprint density at radius 2 is 1.96 bits per heavy atom. The molecule has 8 nitrogen and oxygen atoms in total. The molecule has 0 radical (unpaired) electrons. The standard InChI is InChI=1S/C18H19BrN2O6/c1-11(18(22)23)20-9-14-15(19)7-8-16(26-2)17(14)27-10-12-3-5-13(6-4-12)21(24)25/h3-8,11,20H,9-10H2,1-2H3,(H,22,23). The number of aliphatic carboxylic acids is 1. The van der Waals surface area contributed by atoms with Gasteiger partial charge in [-0.1, -0.05) is 15.9 Å². The number of benzene rings is 2. The molecule has 0 saturated carbocycles. The number of carboxylic acids is 1. The van der Waals surface area contributed by atoms with Gasteiger partial charge in [-0.05, 0) is 36.8 Å². The first-order chi connectivity index (χ1) is 12.8. The minimum atomic E-state index is -0.956. The predicted octanol–water partition coefficient (Wildman–Crippen LogP) is 3.51. The van der Waals surface area contributed by atoms with E-state index in [0.717, 1.165) is 10.0 Å². The summed E-state index contributed by atoms with van der Waals surface area (Å²) in [6, 6.07) is 8.85. The number of nitro groups is 1. The molecule has 2 aromatic rings. The molecule has 1 atom stereocenters. The first-order valence-corrected chi connectivity index (χ1v) is 8.80. The number of methoxy groups -OCH3 is 1. The van der Waals surface area contributed by atoms with Crippen molar-refractivity contribution in [2.45, 2.75) is 26.1 Å². The number of nitrogens with zero attached hydrogens (tertiary/aromatic N) is 1. The lowest BCUT2D eigenvalue weighted by molar-refractivity contribution is -0.384. The second-order valence-electron chi connectivity index (χ2n) is 5.71. The molecule has 144 valence electrons. The topological polar surface area (TPSA) is 111 Å². The summed E-state index contributed by atoms with van der Waals surface area (Å²) in [7, 11) is 1.51. The maximum atomic E-state index is 11.0. The van der Waals surface area contributed by atoms with Crippen molar-refractivity contribution in [3.63, 3.8) is 0 Å². The van der Waals surface area contributed by atoms with Crippen molar-refractivity contribution in [1.29, 1.82) is 0 Å². The molecule has 0 fully saturated rings. The summed E-state index contributed by atoms with van der Waals surface area (Å²) in [4.78, 5) is 21.3. The second-order valence-corrected chi connectivity index (χ2v) is 6.56. The molecule has 0 saturated heterocycles. The molecule has 0 spiro atoms. The number of hydrogen-bond acceptors (Lipinski definition) is 6. The number of ether oxygens (including phenoxy) is 2. The van der Waals surface area contributed by atoms with Gasteiger partial charge in [0.2, 0.25) is 0 Å². The van der Waals surface area contributed by atoms with Crippen LogP contribution in [0.1, 0.15) is 18.1 Å². The van der Waals surface area contributed by atoms with E-state index in [0.29, 0.717) is 17.1 Å². The zero-order chi connectivity index (χ0) is 20.0. The zero-order valence-electron chi connectivity index (χ0n) is 14.8. The van der Waals surface area contributed by atoms with Crippen LogP contribution in [0.15, 0.2) is 40.9 Å². The van der Waals surface area contributed by atoms with Gasteiger partial charge in [0.05, 0.1) is 12.0 Å². The Kier molecular flexibility index (Phi) is 7.14. The van der Waals surface area contributed by atoms with Gasteiger partial charge in [0.25, 0.3) is 5.69 Å². The van der Waals surface area contributed by atoms with Crippen LogP contribution in [0, 0.1) is 10.1 Å². The van der Waals surface area contributed by atoms with Crippen molar-refractivity contribution in [2.24, 2.45) is 0 Å². The van der Waals surface area contributed by atoms with E-state index in [1.807, 2.05) is 0 Å². The summed E-state index contributed by atoms with van der Waals surface area (Å²) in [5, 5.41) is 22.7. The Balaban J connectivity index is 2.21. The van der Waals surface area contributed by atoms with Crippen LogP contribution in [0.4, 0.5) is 5.69 Å². The monoisotopic (exact) mass is 438 g/mol. The molecule has 0 heterocycles. The number of rotatable bonds is 9. The van der Waals surface area contributed by atoms with Crippen molar-refractivity contribution >= 4 is 27.6 Å². The van der Waals surface area contributed by atoms with Crippen molar-refractivity contribution in [3.05, 3.63) is 62.1 Å². The van der Waals surface area contributed by atoms with E-state index in [2.05, 4.69) is 21.2 Å². The number of non-ortho nitro benzene ring substituents is 1. The first kappa shape index (κ1) is 20.7. The van der Waals surface area contributed by atoms with Crippen LogP contribution >= 0.6 is 15.9 Å². The lowest BCUT2D eigenvalue weighted by Crippen LogP contribution is -2.33. The average molecular weight is 439 g/mol. The summed E-state index contributed by atoms with van der Waals surface area (Å²) in [6.45, 7) is 1.97. The minimum absolute atomic E-state index is 0.00586. The summed E-state index contributed by atoms with van der Waals surface area (Å²) >= 11 is 3.45. The quantitative estimate of drug-likeness (QED) is 0.455. The summed E-state index contributed by atoms with van der Waals surface area (Å²) in [5.41, 5.74) is 1.47. The highest BCUT2D eigenvalue weighted by atomic mass is 79.9.